The Bertz CT molecular complexity index is 699. The quantitative estimate of drug-likeness (QED) is 0.803. The molecule has 27 heavy (non-hydrogen) atoms. The molecule has 0 bridgehead atoms. The monoisotopic (exact) mass is 376 g/mol. The molecule has 0 aromatic carbocycles. The average Bonchev–Trinajstić information content (AvgIpc) is 3.00. The van der Waals surface area contributed by atoms with Gasteiger partial charge in [-0.1, -0.05) is 6.92 Å². The van der Waals surface area contributed by atoms with Crippen LogP contribution in [0.2, 0.25) is 0 Å². The first kappa shape index (κ1) is 18.9. The van der Waals surface area contributed by atoms with Crippen LogP contribution < -0.4 is 0 Å². The SMILES string of the molecule is CCn1nc2c(c1C(=O)N1CCN(C3(CC)COC3)CC1)C[C@H](C)O[C@@H]2C. The lowest BCUT2D eigenvalue weighted by Gasteiger charge is -2.52. The topological polar surface area (TPSA) is 59.8 Å². The third-order valence-electron chi connectivity index (χ3n) is 6.53. The van der Waals surface area contributed by atoms with Crippen molar-refractivity contribution in [3.63, 3.8) is 0 Å². The molecule has 150 valence electrons. The summed E-state index contributed by atoms with van der Waals surface area (Å²) in [5, 5.41) is 4.71. The van der Waals surface area contributed by atoms with E-state index in [4.69, 9.17) is 14.6 Å². The lowest BCUT2D eigenvalue weighted by Crippen LogP contribution is -2.66. The van der Waals surface area contributed by atoms with Crippen molar-refractivity contribution in [2.24, 2.45) is 0 Å². The van der Waals surface area contributed by atoms with Crippen molar-refractivity contribution in [3.8, 4) is 0 Å². The Morgan fingerprint density at radius 3 is 2.44 bits per heavy atom. The molecule has 2 fully saturated rings. The van der Waals surface area contributed by atoms with Crippen LogP contribution in [0.1, 0.15) is 62.0 Å². The van der Waals surface area contributed by atoms with E-state index in [9.17, 15) is 4.79 Å². The van der Waals surface area contributed by atoms with Gasteiger partial charge in [-0.25, -0.2) is 0 Å². The molecule has 3 aliphatic rings. The van der Waals surface area contributed by atoms with E-state index in [2.05, 4.69) is 18.7 Å². The van der Waals surface area contributed by atoms with Gasteiger partial charge in [-0.2, -0.15) is 5.10 Å². The number of piperazine rings is 1. The van der Waals surface area contributed by atoms with E-state index in [1.165, 1.54) is 0 Å². The number of aromatic nitrogens is 2. The Labute approximate surface area is 161 Å². The van der Waals surface area contributed by atoms with E-state index in [0.717, 1.165) is 69.2 Å². The maximum absolute atomic E-state index is 13.4. The molecule has 1 aromatic rings. The van der Waals surface area contributed by atoms with Gasteiger partial charge in [-0.05, 0) is 27.2 Å². The van der Waals surface area contributed by atoms with Crippen LogP contribution in [-0.4, -0.2) is 76.5 Å². The zero-order valence-electron chi connectivity index (χ0n) is 17.0. The van der Waals surface area contributed by atoms with Gasteiger partial charge in [0.05, 0.1) is 36.7 Å². The first-order valence-corrected chi connectivity index (χ1v) is 10.4. The van der Waals surface area contributed by atoms with Crippen molar-refractivity contribution in [1.29, 1.82) is 0 Å². The molecular weight excluding hydrogens is 344 g/mol. The Balaban J connectivity index is 1.52. The average molecular weight is 377 g/mol. The number of carbonyl (C=O) groups is 1. The number of fused-ring (bicyclic) bond motifs is 1. The van der Waals surface area contributed by atoms with E-state index < -0.39 is 0 Å². The Morgan fingerprint density at radius 1 is 1.19 bits per heavy atom. The summed E-state index contributed by atoms with van der Waals surface area (Å²) in [4.78, 5) is 17.9. The normalized spacial score (nSPS) is 27.9. The molecule has 0 unspecified atom stereocenters. The molecular formula is C20H32N4O3. The molecule has 0 saturated carbocycles. The van der Waals surface area contributed by atoms with Gasteiger partial charge < -0.3 is 14.4 Å². The van der Waals surface area contributed by atoms with Gasteiger partial charge in [0.2, 0.25) is 0 Å². The molecule has 3 aliphatic heterocycles. The predicted octanol–water partition coefficient (Wildman–Crippen LogP) is 1.86. The van der Waals surface area contributed by atoms with Crippen LogP contribution in [0.4, 0.5) is 0 Å². The first-order chi connectivity index (χ1) is 13.0. The van der Waals surface area contributed by atoms with Crippen LogP contribution in [-0.2, 0) is 22.4 Å². The molecule has 7 nitrogen and oxygen atoms in total. The Morgan fingerprint density at radius 2 is 1.89 bits per heavy atom. The summed E-state index contributed by atoms with van der Waals surface area (Å²) < 4.78 is 13.3. The van der Waals surface area contributed by atoms with Gasteiger partial charge in [-0.15, -0.1) is 0 Å². The van der Waals surface area contributed by atoms with E-state index in [0.29, 0.717) is 6.54 Å². The fourth-order valence-corrected chi connectivity index (χ4v) is 4.74. The zero-order valence-corrected chi connectivity index (χ0v) is 17.0. The van der Waals surface area contributed by atoms with Gasteiger partial charge in [-0.3, -0.25) is 14.4 Å². The lowest BCUT2D eigenvalue weighted by molar-refractivity contribution is -0.149. The van der Waals surface area contributed by atoms with Crippen molar-refractivity contribution in [3.05, 3.63) is 17.0 Å². The number of nitrogens with zero attached hydrogens (tertiary/aromatic N) is 4. The molecule has 4 rings (SSSR count). The second-order valence-corrected chi connectivity index (χ2v) is 8.17. The summed E-state index contributed by atoms with van der Waals surface area (Å²) in [5.41, 5.74) is 3.00. The van der Waals surface area contributed by atoms with E-state index in [-0.39, 0.29) is 23.7 Å². The van der Waals surface area contributed by atoms with Gasteiger partial charge in [0.1, 0.15) is 5.69 Å². The maximum Gasteiger partial charge on any atom is 0.272 e. The summed E-state index contributed by atoms with van der Waals surface area (Å²) in [5.74, 6) is 0.127. The molecule has 2 saturated heterocycles. The van der Waals surface area contributed by atoms with Crippen molar-refractivity contribution in [2.45, 2.75) is 64.8 Å². The minimum absolute atomic E-state index is 0.0528. The third-order valence-corrected chi connectivity index (χ3v) is 6.53. The lowest BCUT2D eigenvalue weighted by atomic mass is 9.91. The van der Waals surface area contributed by atoms with Crippen molar-refractivity contribution in [2.75, 3.05) is 39.4 Å². The fraction of sp³-hybridized carbons (Fsp3) is 0.800. The number of ether oxygens (including phenoxy) is 2. The molecule has 1 aromatic heterocycles. The molecule has 7 heteroatoms. The first-order valence-electron chi connectivity index (χ1n) is 10.4. The third kappa shape index (κ3) is 3.09. The Hall–Kier alpha value is -1.44. The van der Waals surface area contributed by atoms with E-state index in [1.807, 2.05) is 23.4 Å². The van der Waals surface area contributed by atoms with Crippen LogP contribution in [0.25, 0.3) is 0 Å². The fourth-order valence-electron chi connectivity index (χ4n) is 4.74. The number of carbonyl (C=O) groups excluding carboxylic acids is 1. The van der Waals surface area contributed by atoms with Crippen molar-refractivity contribution in [1.82, 2.24) is 19.6 Å². The summed E-state index contributed by atoms with van der Waals surface area (Å²) in [6.45, 7) is 14.1. The van der Waals surface area contributed by atoms with Gasteiger partial charge in [0.25, 0.3) is 5.91 Å². The number of hydrogen-bond acceptors (Lipinski definition) is 5. The minimum atomic E-state index is -0.0528. The van der Waals surface area contributed by atoms with Gasteiger partial charge in [0, 0.05) is 44.7 Å². The minimum Gasteiger partial charge on any atom is -0.377 e. The van der Waals surface area contributed by atoms with Gasteiger partial charge >= 0.3 is 0 Å². The number of rotatable bonds is 4. The van der Waals surface area contributed by atoms with E-state index >= 15 is 0 Å². The number of aryl methyl sites for hydroxylation is 1. The van der Waals surface area contributed by atoms with Gasteiger partial charge in [0.15, 0.2) is 0 Å². The molecule has 0 N–H and O–H groups in total. The standard InChI is InChI=1S/C20H32N4O3/c1-5-20(12-26-13-20)23-9-7-22(8-10-23)19(25)18-16-11-14(3)27-15(4)17(16)21-24(18)6-2/h14-15H,5-13H2,1-4H3/t14-,15+/m0/s1. The van der Waals surface area contributed by atoms with Crippen molar-refractivity contribution < 1.29 is 14.3 Å². The van der Waals surface area contributed by atoms with Crippen LogP contribution >= 0.6 is 0 Å². The summed E-state index contributed by atoms with van der Waals surface area (Å²) in [6, 6.07) is 0. The molecule has 2 atom stereocenters. The van der Waals surface area contributed by atoms with Crippen LogP contribution in [0, 0.1) is 0 Å². The zero-order chi connectivity index (χ0) is 19.2. The highest BCUT2D eigenvalue weighted by Gasteiger charge is 2.44. The second-order valence-electron chi connectivity index (χ2n) is 8.17. The molecule has 0 spiro atoms. The molecule has 4 heterocycles. The highest BCUT2D eigenvalue weighted by Crippen LogP contribution is 2.33. The summed E-state index contributed by atoms with van der Waals surface area (Å²) in [7, 11) is 0. The van der Waals surface area contributed by atoms with Crippen LogP contribution in [0.15, 0.2) is 0 Å². The number of hydrogen-bond donors (Lipinski definition) is 0. The predicted molar refractivity (Wildman–Crippen MR) is 102 cm³/mol. The van der Waals surface area contributed by atoms with Crippen LogP contribution in [0.3, 0.4) is 0 Å². The highest BCUT2D eigenvalue weighted by molar-refractivity contribution is 5.94. The summed E-state index contributed by atoms with van der Waals surface area (Å²) >= 11 is 0. The molecule has 0 aliphatic carbocycles. The highest BCUT2D eigenvalue weighted by atomic mass is 16.5. The molecule has 0 radical (unpaired) electrons. The largest absolute Gasteiger partial charge is 0.377 e. The smallest absolute Gasteiger partial charge is 0.272 e. The van der Waals surface area contributed by atoms with E-state index in [1.54, 1.807) is 0 Å². The van der Waals surface area contributed by atoms with Crippen molar-refractivity contribution >= 4 is 5.91 Å². The maximum atomic E-state index is 13.4. The Kier molecular flexibility index (Phi) is 5.03. The summed E-state index contributed by atoms with van der Waals surface area (Å²) in [6.07, 6.45) is 1.93. The second kappa shape index (κ2) is 7.18. The molecule has 1 amide bonds. The number of amides is 1. The van der Waals surface area contributed by atoms with Crippen LogP contribution in [0.5, 0.6) is 0 Å².